The third-order valence-corrected chi connectivity index (χ3v) is 4.93. The Hall–Kier alpha value is -1.93. The summed E-state index contributed by atoms with van der Waals surface area (Å²) in [7, 11) is 3.21. The Balaban J connectivity index is 0.00000126. The first-order chi connectivity index (χ1) is 12.9. The van der Waals surface area contributed by atoms with Crippen LogP contribution in [0.3, 0.4) is 0 Å². The van der Waals surface area contributed by atoms with Gasteiger partial charge in [-0.05, 0) is 12.3 Å². The zero-order valence-corrected chi connectivity index (χ0v) is 17.6. The summed E-state index contributed by atoms with van der Waals surface area (Å²) >= 11 is 0. The highest BCUT2D eigenvalue weighted by Crippen LogP contribution is 2.16. The van der Waals surface area contributed by atoms with Gasteiger partial charge >= 0.3 is 5.69 Å². The minimum atomic E-state index is -0.334. The first-order valence-electron chi connectivity index (χ1n) is 9.98. The van der Waals surface area contributed by atoms with E-state index in [0.717, 1.165) is 45.0 Å². The Morgan fingerprint density at radius 2 is 1.70 bits per heavy atom. The molecule has 0 bridgehead atoms. The number of rotatable bonds is 5. The largest absolute Gasteiger partial charge is 0.332 e. The smallest absolute Gasteiger partial charge is 0.321 e. The van der Waals surface area contributed by atoms with Gasteiger partial charge in [-0.3, -0.25) is 18.8 Å². The Morgan fingerprint density at radius 3 is 2.30 bits per heavy atom. The van der Waals surface area contributed by atoms with Crippen molar-refractivity contribution in [3.8, 4) is 0 Å². The molecule has 0 atom stereocenters. The molecule has 2 aromatic rings. The monoisotopic (exact) mass is 378 g/mol. The van der Waals surface area contributed by atoms with Crippen molar-refractivity contribution in [3.63, 3.8) is 0 Å². The average molecular weight is 379 g/mol. The van der Waals surface area contributed by atoms with Crippen molar-refractivity contribution in [1.29, 1.82) is 0 Å². The van der Waals surface area contributed by atoms with Crippen LogP contribution in [0.15, 0.2) is 9.59 Å². The summed E-state index contributed by atoms with van der Waals surface area (Å²) < 4.78 is 4.67. The quantitative estimate of drug-likeness (QED) is 0.837. The van der Waals surface area contributed by atoms with Gasteiger partial charge in [-0.1, -0.05) is 27.7 Å². The van der Waals surface area contributed by atoms with E-state index in [9.17, 15) is 9.59 Å². The first-order valence-corrected chi connectivity index (χ1v) is 9.98. The average Bonchev–Trinajstić information content (AvgIpc) is 3.03. The molecule has 1 aliphatic rings. The zero-order valence-electron chi connectivity index (χ0n) is 17.6. The van der Waals surface area contributed by atoms with Crippen molar-refractivity contribution in [2.45, 2.75) is 47.2 Å². The maximum atomic E-state index is 12.7. The maximum absolute atomic E-state index is 12.7. The van der Waals surface area contributed by atoms with Crippen molar-refractivity contribution in [3.05, 3.63) is 26.7 Å². The Kier molecular flexibility index (Phi) is 7.38. The highest BCUT2D eigenvalue weighted by Gasteiger charge is 2.21. The van der Waals surface area contributed by atoms with E-state index in [1.54, 1.807) is 7.05 Å². The summed E-state index contributed by atoms with van der Waals surface area (Å²) in [6, 6.07) is 0. The zero-order chi connectivity index (χ0) is 20.1. The number of aryl methyl sites for hydroxylation is 2. The van der Waals surface area contributed by atoms with Crippen LogP contribution in [0.5, 0.6) is 0 Å². The van der Waals surface area contributed by atoms with Gasteiger partial charge < -0.3 is 9.88 Å². The van der Waals surface area contributed by atoms with E-state index < -0.39 is 0 Å². The van der Waals surface area contributed by atoms with Gasteiger partial charge in [-0.15, -0.1) is 0 Å². The fourth-order valence-corrected chi connectivity index (χ4v) is 3.31. The molecule has 0 amide bonds. The lowest BCUT2D eigenvalue weighted by atomic mass is 10.1. The van der Waals surface area contributed by atoms with Crippen molar-refractivity contribution in [1.82, 2.24) is 28.9 Å². The van der Waals surface area contributed by atoms with Crippen LogP contribution in [0.2, 0.25) is 0 Å². The van der Waals surface area contributed by atoms with Crippen LogP contribution in [0.4, 0.5) is 0 Å². The minimum Gasteiger partial charge on any atom is -0.321 e. The van der Waals surface area contributed by atoms with E-state index >= 15 is 0 Å². The van der Waals surface area contributed by atoms with Gasteiger partial charge in [0.15, 0.2) is 11.2 Å². The second-order valence-electron chi connectivity index (χ2n) is 7.27. The molecule has 0 aromatic carbocycles. The molecule has 8 nitrogen and oxygen atoms in total. The summed E-state index contributed by atoms with van der Waals surface area (Å²) in [6.45, 7) is 13.6. The molecule has 27 heavy (non-hydrogen) atoms. The molecule has 8 heteroatoms. The molecule has 1 aliphatic heterocycles. The van der Waals surface area contributed by atoms with Crippen molar-refractivity contribution < 1.29 is 0 Å². The molecular weight excluding hydrogens is 344 g/mol. The van der Waals surface area contributed by atoms with Crippen LogP contribution in [-0.2, 0) is 27.2 Å². The number of piperazine rings is 1. The number of nitrogens with one attached hydrogen (secondary N) is 1. The molecule has 0 saturated carbocycles. The van der Waals surface area contributed by atoms with Crippen LogP contribution in [0, 0.1) is 5.92 Å². The molecule has 3 heterocycles. The van der Waals surface area contributed by atoms with Crippen LogP contribution in [0.25, 0.3) is 11.2 Å². The third-order valence-electron chi connectivity index (χ3n) is 4.93. The number of aromatic nitrogens is 4. The standard InChI is InChI=1S/C17H28N6O2.C2H6/c1-12(2)5-8-23-13(11-22-9-6-18-7-10-22)19-15-14(23)16(24)21(4)17(25)20(15)3;1-2/h12,18H,5-11H2,1-4H3;1-2H3. The predicted octanol–water partition coefficient (Wildman–Crippen LogP) is 0.911. The topological polar surface area (TPSA) is 77.1 Å². The normalized spacial score (nSPS) is 15.2. The molecule has 1 fully saturated rings. The lowest BCUT2D eigenvalue weighted by molar-refractivity contribution is 0.225. The van der Waals surface area contributed by atoms with E-state index in [0.29, 0.717) is 23.6 Å². The number of hydrogen-bond donors (Lipinski definition) is 1. The molecule has 3 rings (SSSR count). The van der Waals surface area contributed by atoms with Crippen molar-refractivity contribution in [2.75, 3.05) is 26.2 Å². The lowest BCUT2D eigenvalue weighted by Gasteiger charge is -2.27. The highest BCUT2D eigenvalue weighted by molar-refractivity contribution is 5.71. The fourth-order valence-electron chi connectivity index (χ4n) is 3.31. The maximum Gasteiger partial charge on any atom is 0.332 e. The van der Waals surface area contributed by atoms with E-state index in [-0.39, 0.29) is 11.2 Å². The van der Waals surface area contributed by atoms with Gasteiger partial charge in [-0.2, -0.15) is 0 Å². The van der Waals surface area contributed by atoms with Gasteiger partial charge in [-0.25, -0.2) is 9.78 Å². The number of imidazole rings is 1. The molecule has 0 aliphatic carbocycles. The second kappa shape index (κ2) is 9.32. The molecule has 0 unspecified atom stereocenters. The van der Waals surface area contributed by atoms with Crippen molar-refractivity contribution >= 4 is 11.2 Å². The van der Waals surface area contributed by atoms with Gasteiger partial charge in [0.05, 0.1) is 6.54 Å². The SMILES string of the molecule is CC.CC(C)CCn1c(CN2CCNCC2)nc2c1c(=O)n(C)c(=O)n2C. The van der Waals surface area contributed by atoms with E-state index in [1.165, 1.54) is 16.2 Å². The van der Waals surface area contributed by atoms with E-state index in [2.05, 4.69) is 24.1 Å². The molecule has 0 spiro atoms. The molecule has 2 aromatic heterocycles. The number of fused-ring (bicyclic) bond motifs is 1. The first kappa shape index (κ1) is 21.4. The minimum absolute atomic E-state index is 0.263. The summed E-state index contributed by atoms with van der Waals surface area (Å²) in [5.41, 5.74) is 0.429. The highest BCUT2D eigenvalue weighted by atomic mass is 16.2. The molecule has 1 saturated heterocycles. The molecule has 152 valence electrons. The van der Waals surface area contributed by atoms with Gasteiger partial charge in [0.25, 0.3) is 5.56 Å². The summed E-state index contributed by atoms with van der Waals surface area (Å²) in [5.74, 6) is 1.40. The van der Waals surface area contributed by atoms with Crippen LogP contribution in [0.1, 0.15) is 39.9 Å². The summed E-state index contributed by atoms with van der Waals surface area (Å²) in [4.78, 5) is 32.0. The molecule has 0 radical (unpaired) electrons. The predicted molar refractivity (Wildman–Crippen MR) is 109 cm³/mol. The number of nitrogens with zero attached hydrogens (tertiary/aromatic N) is 5. The van der Waals surface area contributed by atoms with E-state index in [4.69, 9.17) is 4.98 Å². The lowest BCUT2D eigenvalue weighted by Crippen LogP contribution is -2.43. The second-order valence-corrected chi connectivity index (χ2v) is 7.27. The third kappa shape index (κ3) is 4.50. The van der Waals surface area contributed by atoms with Crippen molar-refractivity contribution in [2.24, 2.45) is 20.0 Å². The molecule has 1 N–H and O–H groups in total. The molecular formula is C19H34N6O2. The number of hydrogen-bond acceptors (Lipinski definition) is 5. The van der Waals surface area contributed by atoms with Crippen LogP contribution < -0.4 is 16.6 Å². The summed E-state index contributed by atoms with van der Waals surface area (Å²) in [6.07, 6.45) is 0.964. The Bertz CT molecular complexity index is 871. The Morgan fingerprint density at radius 1 is 1.07 bits per heavy atom. The fraction of sp³-hybridized carbons (Fsp3) is 0.737. The van der Waals surface area contributed by atoms with Gasteiger partial charge in [0.2, 0.25) is 0 Å². The van der Waals surface area contributed by atoms with Gasteiger partial charge in [0.1, 0.15) is 5.82 Å². The van der Waals surface area contributed by atoms with Crippen LogP contribution >= 0.6 is 0 Å². The van der Waals surface area contributed by atoms with E-state index in [1.807, 2.05) is 18.4 Å². The van der Waals surface area contributed by atoms with Crippen LogP contribution in [-0.4, -0.2) is 49.8 Å². The Labute approximate surface area is 160 Å². The van der Waals surface area contributed by atoms with Gasteiger partial charge in [0, 0.05) is 46.8 Å². The summed E-state index contributed by atoms with van der Waals surface area (Å²) in [5, 5.41) is 3.35.